The average molecular weight is 250 g/mol. The highest BCUT2D eigenvalue weighted by Gasteiger charge is 2.27. The molecule has 1 aromatic carbocycles. The number of benzene rings is 1. The van der Waals surface area contributed by atoms with Crippen molar-refractivity contribution in [3.8, 4) is 0 Å². The second kappa shape index (κ2) is 11.3. The summed E-state index contributed by atoms with van der Waals surface area (Å²) >= 11 is 0. The molecule has 0 heteroatoms. The zero-order valence-electron chi connectivity index (χ0n) is 12.4. The molecular formula is C18H34. The molecular weight excluding hydrogens is 216 g/mol. The molecule has 0 aromatic heterocycles. The molecule has 0 spiro atoms. The first-order valence-electron chi connectivity index (χ1n) is 7.37. The fourth-order valence-corrected chi connectivity index (χ4v) is 2.46. The van der Waals surface area contributed by atoms with Crippen LogP contribution in [0.15, 0.2) is 30.3 Å². The molecule has 0 saturated heterocycles. The molecule has 0 nitrogen and oxygen atoms in total. The Hall–Kier alpha value is -0.780. The minimum atomic E-state index is 0. The van der Waals surface area contributed by atoms with Crippen LogP contribution >= 0.6 is 0 Å². The number of rotatable bonds is 1. The molecule has 1 fully saturated rings. The van der Waals surface area contributed by atoms with Crippen molar-refractivity contribution in [2.75, 3.05) is 0 Å². The van der Waals surface area contributed by atoms with Crippen LogP contribution in [-0.2, 0) is 5.41 Å². The van der Waals surface area contributed by atoms with Crippen molar-refractivity contribution >= 4 is 0 Å². The molecule has 0 N–H and O–H groups in total. The fourth-order valence-electron chi connectivity index (χ4n) is 2.46. The maximum atomic E-state index is 2.42. The lowest BCUT2D eigenvalue weighted by Crippen LogP contribution is -2.24. The maximum absolute atomic E-state index is 2.42. The van der Waals surface area contributed by atoms with Gasteiger partial charge in [-0.3, -0.25) is 0 Å². The van der Waals surface area contributed by atoms with Gasteiger partial charge < -0.3 is 0 Å². The van der Waals surface area contributed by atoms with Gasteiger partial charge in [0.05, 0.1) is 0 Å². The van der Waals surface area contributed by atoms with Gasteiger partial charge in [-0.25, -0.2) is 0 Å². The first-order valence-corrected chi connectivity index (χ1v) is 7.37. The summed E-state index contributed by atoms with van der Waals surface area (Å²) in [6.45, 7) is 10.4. The fraction of sp³-hybridized carbons (Fsp3) is 0.667. The number of hydrogen-bond acceptors (Lipinski definition) is 0. The molecule has 2 rings (SSSR count). The second-order valence-electron chi connectivity index (χ2n) is 4.49. The monoisotopic (exact) mass is 250 g/mol. The van der Waals surface area contributed by atoms with E-state index >= 15 is 0 Å². The van der Waals surface area contributed by atoms with Crippen LogP contribution in [0.5, 0.6) is 0 Å². The third kappa shape index (κ3) is 5.71. The van der Waals surface area contributed by atoms with Gasteiger partial charge in [-0.15, -0.1) is 0 Å². The summed E-state index contributed by atoms with van der Waals surface area (Å²) in [6, 6.07) is 11.0. The van der Waals surface area contributed by atoms with Crippen LogP contribution in [0.2, 0.25) is 0 Å². The van der Waals surface area contributed by atoms with Crippen LogP contribution in [0.25, 0.3) is 0 Å². The van der Waals surface area contributed by atoms with Gasteiger partial charge in [-0.2, -0.15) is 0 Å². The first kappa shape index (κ1) is 19.6. The van der Waals surface area contributed by atoms with E-state index in [9.17, 15) is 0 Å². The Morgan fingerprint density at radius 3 is 1.67 bits per heavy atom. The molecule has 0 bridgehead atoms. The van der Waals surface area contributed by atoms with E-state index < -0.39 is 0 Å². The minimum Gasteiger partial charge on any atom is -0.0776 e. The van der Waals surface area contributed by atoms with Gasteiger partial charge in [0.25, 0.3) is 0 Å². The van der Waals surface area contributed by atoms with Crippen LogP contribution in [0.3, 0.4) is 0 Å². The van der Waals surface area contributed by atoms with E-state index in [2.05, 4.69) is 37.3 Å². The smallest absolute Gasteiger partial charge is 0.00753 e. The SMILES string of the molecule is C.CC.CC.CC1(c2ccccc2)CCCCC1. The van der Waals surface area contributed by atoms with Gasteiger partial charge in [0.1, 0.15) is 0 Å². The Bertz CT molecular complexity index is 255. The Morgan fingerprint density at radius 2 is 1.22 bits per heavy atom. The molecule has 106 valence electrons. The van der Waals surface area contributed by atoms with Gasteiger partial charge in [0.15, 0.2) is 0 Å². The normalized spacial score (nSPS) is 16.1. The quantitative estimate of drug-likeness (QED) is 0.527. The largest absolute Gasteiger partial charge is 0.0776 e. The molecule has 1 aliphatic rings. The van der Waals surface area contributed by atoms with E-state index in [1.807, 2.05) is 27.7 Å². The lowest BCUT2D eigenvalue weighted by Gasteiger charge is -2.34. The van der Waals surface area contributed by atoms with Crippen molar-refractivity contribution in [3.63, 3.8) is 0 Å². The van der Waals surface area contributed by atoms with Crippen LogP contribution in [0, 0.1) is 0 Å². The lowest BCUT2D eigenvalue weighted by molar-refractivity contribution is 0.319. The summed E-state index contributed by atoms with van der Waals surface area (Å²) in [7, 11) is 0. The minimum absolute atomic E-state index is 0. The van der Waals surface area contributed by atoms with Crippen LogP contribution in [0.1, 0.15) is 79.7 Å². The highest BCUT2D eigenvalue weighted by Crippen LogP contribution is 2.38. The van der Waals surface area contributed by atoms with E-state index in [0.29, 0.717) is 5.41 Å². The maximum Gasteiger partial charge on any atom is -0.00753 e. The van der Waals surface area contributed by atoms with Gasteiger partial charge in [-0.05, 0) is 23.8 Å². The summed E-state index contributed by atoms with van der Waals surface area (Å²) in [5.41, 5.74) is 2.01. The molecule has 1 saturated carbocycles. The molecule has 0 heterocycles. The summed E-state index contributed by atoms with van der Waals surface area (Å²) < 4.78 is 0. The van der Waals surface area contributed by atoms with Gasteiger partial charge in [0, 0.05) is 0 Å². The topological polar surface area (TPSA) is 0 Å². The summed E-state index contributed by atoms with van der Waals surface area (Å²) in [6.07, 6.45) is 6.99. The van der Waals surface area contributed by atoms with Gasteiger partial charge in [-0.1, -0.05) is 91.6 Å². The molecule has 0 atom stereocenters. The highest BCUT2D eigenvalue weighted by atomic mass is 14.3. The highest BCUT2D eigenvalue weighted by molar-refractivity contribution is 5.24. The molecule has 0 aliphatic heterocycles. The van der Waals surface area contributed by atoms with Crippen molar-refractivity contribution in [2.24, 2.45) is 0 Å². The summed E-state index contributed by atoms with van der Waals surface area (Å²) in [5.74, 6) is 0. The third-order valence-electron chi connectivity index (χ3n) is 3.43. The van der Waals surface area contributed by atoms with Crippen molar-refractivity contribution in [1.82, 2.24) is 0 Å². The number of hydrogen-bond donors (Lipinski definition) is 0. The predicted octanol–water partition coefficient (Wildman–Crippen LogP) is 6.60. The van der Waals surface area contributed by atoms with Crippen LogP contribution < -0.4 is 0 Å². The lowest BCUT2D eigenvalue weighted by atomic mass is 9.71. The van der Waals surface area contributed by atoms with Crippen molar-refractivity contribution < 1.29 is 0 Å². The predicted molar refractivity (Wildman–Crippen MR) is 86.3 cm³/mol. The molecule has 1 aliphatic carbocycles. The molecule has 0 amide bonds. The molecule has 18 heavy (non-hydrogen) atoms. The molecule has 0 unspecified atom stereocenters. The van der Waals surface area contributed by atoms with Gasteiger partial charge in [0.2, 0.25) is 0 Å². The van der Waals surface area contributed by atoms with E-state index in [0.717, 1.165) is 0 Å². The average Bonchev–Trinajstić information content (AvgIpc) is 2.45. The summed E-state index contributed by atoms with van der Waals surface area (Å²) in [5, 5.41) is 0. The zero-order chi connectivity index (χ0) is 13.1. The van der Waals surface area contributed by atoms with E-state index in [-0.39, 0.29) is 7.43 Å². The van der Waals surface area contributed by atoms with Crippen LogP contribution in [0.4, 0.5) is 0 Å². The molecule has 1 aromatic rings. The van der Waals surface area contributed by atoms with Crippen molar-refractivity contribution in [2.45, 2.75) is 79.6 Å². The molecule has 0 radical (unpaired) electrons. The Labute approximate surface area is 116 Å². The van der Waals surface area contributed by atoms with Crippen molar-refractivity contribution in [3.05, 3.63) is 35.9 Å². The summed E-state index contributed by atoms with van der Waals surface area (Å²) in [4.78, 5) is 0. The standard InChI is InChI=1S/C13H18.2C2H6.CH4/c1-13(10-6-3-7-11-13)12-8-4-2-5-9-12;2*1-2;/h2,4-5,8-9H,3,6-7,10-11H2,1H3;2*1-2H3;1H4. The van der Waals surface area contributed by atoms with E-state index in [1.54, 1.807) is 0 Å². The Morgan fingerprint density at radius 1 is 0.778 bits per heavy atom. The zero-order valence-corrected chi connectivity index (χ0v) is 12.4. The Kier molecular flexibility index (Phi) is 12.3. The van der Waals surface area contributed by atoms with Crippen molar-refractivity contribution in [1.29, 1.82) is 0 Å². The van der Waals surface area contributed by atoms with E-state index in [1.165, 1.54) is 37.7 Å². The Balaban J connectivity index is 0. The third-order valence-corrected chi connectivity index (χ3v) is 3.43. The van der Waals surface area contributed by atoms with E-state index in [4.69, 9.17) is 0 Å². The first-order chi connectivity index (χ1) is 8.31. The van der Waals surface area contributed by atoms with Crippen LogP contribution in [-0.4, -0.2) is 0 Å². The second-order valence-corrected chi connectivity index (χ2v) is 4.49. The van der Waals surface area contributed by atoms with Gasteiger partial charge >= 0.3 is 0 Å².